The molecule has 0 bridgehead atoms. The van der Waals surface area contributed by atoms with Gasteiger partial charge in [0, 0.05) is 36.4 Å². The van der Waals surface area contributed by atoms with Gasteiger partial charge in [0.05, 0.1) is 0 Å². The number of hydrogen-bond acceptors (Lipinski definition) is 3. The van der Waals surface area contributed by atoms with Crippen molar-refractivity contribution in [3.8, 4) is 0 Å². The second kappa shape index (κ2) is 6.35. The molecule has 1 aromatic rings. The molecule has 1 atom stereocenters. The van der Waals surface area contributed by atoms with Crippen molar-refractivity contribution in [2.45, 2.75) is 46.6 Å². The summed E-state index contributed by atoms with van der Waals surface area (Å²) in [5.74, 6) is 0.502. The fraction of sp³-hybridized carbons (Fsp3) is 0.625. The lowest BCUT2D eigenvalue weighted by Gasteiger charge is -2.19. The summed E-state index contributed by atoms with van der Waals surface area (Å²) >= 11 is 0. The average Bonchev–Trinajstić information content (AvgIpc) is 3.17. The van der Waals surface area contributed by atoms with E-state index < -0.39 is 0 Å². The van der Waals surface area contributed by atoms with E-state index in [9.17, 15) is 4.79 Å². The third-order valence-corrected chi connectivity index (χ3v) is 3.84. The van der Waals surface area contributed by atoms with Crippen LogP contribution in [0.3, 0.4) is 0 Å². The van der Waals surface area contributed by atoms with Crippen LogP contribution in [-0.2, 0) is 4.79 Å². The SMILES string of the molecule is Cc1cc(C)c(C(C)NCCNC(=O)C2CC2)c(C)n1. The lowest BCUT2D eigenvalue weighted by atomic mass is 10.0. The molecule has 1 heterocycles. The average molecular weight is 275 g/mol. The maximum absolute atomic E-state index is 11.5. The van der Waals surface area contributed by atoms with E-state index in [4.69, 9.17) is 0 Å². The van der Waals surface area contributed by atoms with Crippen molar-refractivity contribution in [3.05, 3.63) is 28.6 Å². The van der Waals surface area contributed by atoms with Crippen LogP contribution in [0.4, 0.5) is 0 Å². The summed E-state index contributed by atoms with van der Waals surface area (Å²) < 4.78 is 0. The first kappa shape index (κ1) is 15.0. The highest BCUT2D eigenvalue weighted by molar-refractivity contribution is 5.80. The Hall–Kier alpha value is -1.42. The first-order chi connectivity index (χ1) is 9.49. The number of pyridine rings is 1. The van der Waals surface area contributed by atoms with E-state index in [2.05, 4.69) is 42.5 Å². The van der Waals surface area contributed by atoms with Gasteiger partial charge in [-0.15, -0.1) is 0 Å². The molecule has 1 amide bonds. The molecule has 0 aliphatic heterocycles. The number of nitrogens with one attached hydrogen (secondary N) is 2. The van der Waals surface area contributed by atoms with Gasteiger partial charge >= 0.3 is 0 Å². The van der Waals surface area contributed by atoms with Gasteiger partial charge in [-0.3, -0.25) is 9.78 Å². The predicted molar refractivity (Wildman–Crippen MR) is 80.6 cm³/mol. The van der Waals surface area contributed by atoms with E-state index in [1.165, 1.54) is 11.1 Å². The van der Waals surface area contributed by atoms with Crippen LogP contribution >= 0.6 is 0 Å². The Bertz CT molecular complexity index is 471. The lowest BCUT2D eigenvalue weighted by molar-refractivity contribution is -0.122. The van der Waals surface area contributed by atoms with Gasteiger partial charge in [-0.05, 0) is 57.7 Å². The minimum absolute atomic E-state index is 0.212. The molecule has 1 unspecified atom stereocenters. The summed E-state index contributed by atoms with van der Waals surface area (Å²) in [6.07, 6.45) is 2.12. The van der Waals surface area contributed by atoms with Gasteiger partial charge in [-0.1, -0.05) is 0 Å². The molecule has 2 rings (SSSR count). The largest absolute Gasteiger partial charge is 0.355 e. The Balaban J connectivity index is 1.82. The van der Waals surface area contributed by atoms with Crippen molar-refractivity contribution in [2.75, 3.05) is 13.1 Å². The van der Waals surface area contributed by atoms with E-state index in [0.717, 1.165) is 30.8 Å². The van der Waals surface area contributed by atoms with Crippen LogP contribution in [-0.4, -0.2) is 24.0 Å². The molecule has 110 valence electrons. The maximum atomic E-state index is 11.5. The molecule has 1 aromatic heterocycles. The second-order valence-electron chi connectivity index (χ2n) is 5.82. The highest BCUT2D eigenvalue weighted by Gasteiger charge is 2.29. The molecule has 2 N–H and O–H groups in total. The number of aromatic nitrogens is 1. The molecule has 1 fully saturated rings. The van der Waals surface area contributed by atoms with Gasteiger partial charge in [0.2, 0.25) is 5.91 Å². The third kappa shape index (κ3) is 3.79. The summed E-state index contributed by atoms with van der Waals surface area (Å²) in [5.41, 5.74) is 4.69. The molecule has 1 aliphatic rings. The summed E-state index contributed by atoms with van der Waals surface area (Å²) in [4.78, 5) is 16.1. The van der Waals surface area contributed by atoms with Crippen molar-refractivity contribution in [3.63, 3.8) is 0 Å². The molecule has 0 radical (unpaired) electrons. The zero-order chi connectivity index (χ0) is 14.7. The minimum atomic E-state index is 0.212. The van der Waals surface area contributed by atoms with Crippen LogP contribution in [0.15, 0.2) is 6.07 Å². The smallest absolute Gasteiger partial charge is 0.223 e. The Morgan fingerprint density at radius 1 is 1.35 bits per heavy atom. The van der Waals surface area contributed by atoms with Gasteiger partial charge in [0.1, 0.15) is 0 Å². The van der Waals surface area contributed by atoms with E-state index in [1.807, 2.05) is 6.92 Å². The first-order valence-corrected chi connectivity index (χ1v) is 7.45. The van der Waals surface area contributed by atoms with E-state index in [0.29, 0.717) is 12.5 Å². The lowest BCUT2D eigenvalue weighted by Crippen LogP contribution is -2.34. The number of hydrogen-bond donors (Lipinski definition) is 2. The second-order valence-corrected chi connectivity index (χ2v) is 5.82. The first-order valence-electron chi connectivity index (χ1n) is 7.45. The Morgan fingerprint density at radius 3 is 2.65 bits per heavy atom. The van der Waals surface area contributed by atoms with Crippen LogP contribution in [0, 0.1) is 26.7 Å². The van der Waals surface area contributed by atoms with E-state index in [-0.39, 0.29) is 11.9 Å². The summed E-state index contributed by atoms with van der Waals surface area (Å²) in [6, 6.07) is 2.37. The molecular formula is C16H25N3O. The quantitative estimate of drug-likeness (QED) is 0.782. The van der Waals surface area contributed by atoms with Gasteiger partial charge in [0.25, 0.3) is 0 Å². The van der Waals surface area contributed by atoms with Gasteiger partial charge in [-0.25, -0.2) is 0 Å². The number of aryl methyl sites for hydroxylation is 3. The van der Waals surface area contributed by atoms with Crippen LogP contribution in [0.5, 0.6) is 0 Å². The molecule has 0 spiro atoms. The van der Waals surface area contributed by atoms with Crippen molar-refractivity contribution in [1.29, 1.82) is 0 Å². The molecule has 4 heteroatoms. The number of nitrogens with zero attached hydrogens (tertiary/aromatic N) is 1. The molecule has 1 aliphatic carbocycles. The van der Waals surface area contributed by atoms with Crippen LogP contribution < -0.4 is 10.6 Å². The maximum Gasteiger partial charge on any atom is 0.223 e. The molecule has 20 heavy (non-hydrogen) atoms. The third-order valence-electron chi connectivity index (χ3n) is 3.84. The van der Waals surface area contributed by atoms with Gasteiger partial charge in [-0.2, -0.15) is 0 Å². The standard InChI is InChI=1S/C16H25N3O/c1-10-9-11(2)19-13(4)15(10)12(3)17-7-8-18-16(20)14-5-6-14/h9,12,14,17H,5-8H2,1-4H3,(H,18,20). The number of amides is 1. The highest BCUT2D eigenvalue weighted by Crippen LogP contribution is 2.28. The van der Waals surface area contributed by atoms with Crippen LogP contribution in [0.1, 0.15) is 48.3 Å². The minimum Gasteiger partial charge on any atom is -0.355 e. The molecule has 1 saturated carbocycles. The summed E-state index contributed by atoms with van der Waals surface area (Å²) in [7, 11) is 0. The van der Waals surface area contributed by atoms with Crippen molar-refractivity contribution in [2.24, 2.45) is 5.92 Å². The monoisotopic (exact) mass is 275 g/mol. The zero-order valence-electron chi connectivity index (χ0n) is 12.9. The van der Waals surface area contributed by atoms with Gasteiger partial charge < -0.3 is 10.6 Å². The van der Waals surface area contributed by atoms with Crippen molar-refractivity contribution >= 4 is 5.91 Å². The number of carbonyl (C=O) groups excluding carboxylic acids is 1. The Kier molecular flexibility index (Phi) is 4.76. The Labute approximate surface area is 121 Å². The summed E-state index contributed by atoms with van der Waals surface area (Å²) in [5, 5.41) is 6.43. The van der Waals surface area contributed by atoms with Crippen molar-refractivity contribution in [1.82, 2.24) is 15.6 Å². The van der Waals surface area contributed by atoms with Crippen molar-refractivity contribution < 1.29 is 4.79 Å². The van der Waals surface area contributed by atoms with Crippen LogP contribution in [0.25, 0.3) is 0 Å². The fourth-order valence-corrected chi connectivity index (χ4v) is 2.75. The Morgan fingerprint density at radius 2 is 2.05 bits per heavy atom. The van der Waals surface area contributed by atoms with Gasteiger partial charge in [0.15, 0.2) is 0 Å². The normalized spacial score (nSPS) is 16.0. The predicted octanol–water partition coefficient (Wildman–Crippen LogP) is 2.18. The van der Waals surface area contributed by atoms with Crippen LogP contribution in [0.2, 0.25) is 0 Å². The van der Waals surface area contributed by atoms with E-state index in [1.54, 1.807) is 0 Å². The molecule has 0 saturated heterocycles. The fourth-order valence-electron chi connectivity index (χ4n) is 2.75. The molecule has 0 aromatic carbocycles. The zero-order valence-corrected chi connectivity index (χ0v) is 12.9. The molecule has 4 nitrogen and oxygen atoms in total. The van der Waals surface area contributed by atoms with E-state index >= 15 is 0 Å². The molecular weight excluding hydrogens is 250 g/mol. The topological polar surface area (TPSA) is 54.0 Å². The number of carbonyl (C=O) groups is 1. The number of rotatable bonds is 6. The highest BCUT2D eigenvalue weighted by atomic mass is 16.2. The summed E-state index contributed by atoms with van der Waals surface area (Å²) in [6.45, 7) is 9.83.